The van der Waals surface area contributed by atoms with Crippen LogP contribution in [0.1, 0.15) is 48.0 Å². The van der Waals surface area contributed by atoms with Crippen molar-refractivity contribution in [2.45, 2.75) is 59.7 Å². The summed E-state index contributed by atoms with van der Waals surface area (Å²) in [7, 11) is 1.28. The summed E-state index contributed by atoms with van der Waals surface area (Å²) in [5.41, 5.74) is -0.593. The van der Waals surface area contributed by atoms with Gasteiger partial charge in [-0.25, -0.2) is 4.79 Å². The van der Waals surface area contributed by atoms with E-state index in [-0.39, 0.29) is 18.9 Å². The number of rotatable bonds is 7. The maximum absolute atomic E-state index is 12.0. The first kappa shape index (κ1) is 21.2. The molecule has 0 aliphatic carbocycles. The van der Waals surface area contributed by atoms with Gasteiger partial charge >= 0.3 is 18.0 Å². The molecule has 7 nitrogen and oxygen atoms in total. The van der Waals surface area contributed by atoms with Gasteiger partial charge in [-0.15, -0.1) is 0 Å². The minimum absolute atomic E-state index is 0.0653. The van der Waals surface area contributed by atoms with Gasteiger partial charge in [-0.1, -0.05) is 13.8 Å². The van der Waals surface area contributed by atoms with Crippen LogP contribution in [0.25, 0.3) is 0 Å². The maximum atomic E-state index is 12.0. The molecule has 7 heteroatoms. The average Bonchev–Trinajstić information content (AvgIpc) is 2.38. The number of alkyl carbamates (subject to hydrolysis) is 1. The van der Waals surface area contributed by atoms with Crippen molar-refractivity contribution in [3.05, 3.63) is 0 Å². The number of hydrogen-bond donors (Lipinski definition) is 1. The van der Waals surface area contributed by atoms with Crippen LogP contribution in [0.3, 0.4) is 0 Å². The molecule has 0 bridgehead atoms. The predicted octanol–water partition coefficient (Wildman–Crippen LogP) is 2.28. The Morgan fingerprint density at radius 2 is 1.70 bits per heavy atom. The molecule has 23 heavy (non-hydrogen) atoms. The summed E-state index contributed by atoms with van der Waals surface area (Å²) >= 11 is 0. The van der Waals surface area contributed by atoms with Crippen molar-refractivity contribution < 1.29 is 28.6 Å². The van der Waals surface area contributed by atoms with Gasteiger partial charge < -0.3 is 19.5 Å². The third kappa shape index (κ3) is 9.05. The van der Waals surface area contributed by atoms with Crippen LogP contribution in [0.4, 0.5) is 4.79 Å². The molecule has 1 amide bonds. The Balaban J connectivity index is 4.76. The zero-order valence-corrected chi connectivity index (χ0v) is 15.1. The fourth-order valence-electron chi connectivity index (χ4n) is 2.09. The maximum Gasteiger partial charge on any atom is 0.407 e. The van der Waals surface area contributed by atoms with Crippen molar-refractivity contribution in [2.24, 2.45) is 11.8 Å². The number of hydrogen-bond acceptors (Lipinski definition) is 6. The van der Waals surface area contributed by atoms with E-state index >= 15 is 0 Å². The van der Waals surface area contributed by atoms with E-state index in [1.54, 1.807) is 20.8 Å². The van der Waals surface area contributed by atoms with E-state index in [1.165, 1.54) is 14.0 Å². The molecule has 0 aromatic rings. The van der Waals surface area contributed by atoms with Crippen molar-refractivity contribution >= 4 is 18.0 Å². The molecular formula is C16H29NO6. The molecule has 0 saturated heterocycles. The Morgan fingerprint density at radius 3 is 2.09 bits per heavy atom. The topological polar surface area (TPSA) is 90.9 Å². The number of carbonyl (C=O) groups is 3. The highest BCUT2D eigenvalue weighted by Gasteiger charge is 2.34. The fraction of sp³-hybridized carbons (Fsp3) is 0.812. The normalized spacial score (nSPS) is 13.9. The highest BCUT2D eigenvalue weighted by Crippen LogP contribution is 2.22. The second-order valence-corrected chi connectivity index (χ2v) is 6.67. The Bertz CT molecular complexity index is 413. The summed E-state index contributed by atoms with van der Waals surface area (Å²) in [6.45, 7) is 10.5. The van der Waals surface area contributed by atoms with E-state index in [0.717, 1.165) is 0 Å². The van der Waals surface area contributed by atoms with E-state index < -0.39 is 35.7 Å². The molecular weight excluding hydrogens is 302 g/mol. The second kappa shape index (κ2) is 9.37. The Kier molecular flexibility index (Phi) is 8.64. The highest BCUT2D eigenvalue weighted by atomic mass is 16.6. The van der Waals surface area contributed by atoms with Gasteiger partial charge in [-0.05, 0) is 33.1 Å². The Labute approximate surface area is 138 Å². The van der Waals surface area contributed by atoms with E-state index in [2.05, 4.69) is 5.32 Å². The van der Waals surface area contributed by atoms with Crippen LogP contribution < -0.4 is 5.32 Å². The molecule has 0 spiro atoms. The molecule has 0 fully saturated rings. The summed E-state index contributed by atoms with van der Waals surface area (Å²) in [5, 5.41) is 2.59. The van der Waals surface area contributed by atoms with Crippen LogP contribution >= 0.6 is 0 Å². The minimum atomic E-state index is -0.654. The Morgan fingerprint density at radius 1 is 1.13 bits per heavy atom. The average molecular weight is 331 g/mol. The summed E-state index contributed by atoms with van der Waals surface area (Å²) in [5.74, 6) is -1.66. The molecule has 0 radical (unpaired) electrons. The van der Waals surface area contributed by atoms with Crippen LogP contribution in [-0.2, 0) is 23.8 Å². The quantitative estimate of drug-likeness (QED) is 0.568. The van der Waals surface area contributed by atoms with Gasteiger partial charge in [0.15, 0.2) is 0 Å². The lowest BCUT2D eigenvalue weighted by Crippen LogP contribution is -2.40. The molecule has 0 aliphatic heterocycles. The number of methoxy groups -OCH3 is 1. The first-order valence-corrected chi connectivity index (χ1v) is 7.69. The van der Waals surface area contributed by atoms with Gasteiger partial charge in [-0.3, -0.25) is 9.59 Å². The lowest BCUT2D eigenvalue weighted by atomic mass is 9.90. The minimum Gasteiger partial charge on any atom is -0.469 e. The molecule has 0 saturated carbocycles. The molecule has 1 unspecified atom stereocenters. The zero-order chi connectivity index (χ0) is 18.2. The van der Waals surface area contributed by atoms with Gasteiger partial charge in [-0.2, -0.15) is 0 Å². The third-order valence-corrected chi connectivity index (χ3v) is 2.98. The Hall–Kier alpha value is -1.79. The molecule has 1 N–H and O–H groups in total. The summed E-state index contributed by atoms with van der Waals surface area (Å²) < 4.78 is 15.2. The molecule has 2 atom stereocenters. The SMILES string of the molecule is COC(=O)C(CCNC(=O)OC(C)(C)C)[C@H](OC(C)=O)C(C)C. The molecule has 0 heterocycles. The van der Waals surface area contributed by atoms with Crippen LogP contribution in [0, 0.1) is 11.8 Å². The smallest absolute Gasteiger partial charge is 0.407 e. The summed E-state index contributed by atoms with van der Waals surface area (Å²) in [4.78, 5) is 34.9. The van der Waals surface area contributed by atoms with Crippen molar-refractivity contribution in [3.8, 4) is 0 Å². The van der Waals surface area contributed by atoms with Crippen LogP contribution in [0.2, 0.25) is 0 Å². The number of carbonyl (C=O) groups excluding carboxylic acids is 3. The van der Waals surface area contributed by atoms with Crippen LogP contribution in [-0.4, -0.2) is 43.4 Å². The van der Waals surface area contributed by atoms with Gasteiger partial charge in [0.05, 0.1) is 13.0 Å². The third-order valence-electron chi connectivity index (χ3n) is 2.98. The van der Waals surface area contributed by atoms with Gasteiger partial charge in [0, 0.05) is 13.5 Å². The highest BCUT2D eigenvalue weighted by molar-refractivity contribution is 5.74. The largest absolute Gasteiger partial charge is 0.469 e. The molecule has 0 aliphatic rings. The van der Waals surface area contributed by atoms with Gasteiger partial charge in [0.2, 0.25) is 0 Å². The molecule has 134 valence electrons. The van der Waals surface area contributed by atoms with Crippen molar-refractivity contribution in [2.75, 3.05) is 13.7 Å². The lowest BCUT2D eigenvalue weighted by molar-refractivity contribution is -0.162. The second-order valence-electron chi connectivity index (χ2n) is 6.67. The van der Waals surface area contributed by atoms with Gasteiger partial charge in [0.1, 0.15) is 11.7 Å². The lowest BCUT2D eigenvalue weighted by Gasteiger charge is -2.28. The number of ether oxygens (including phenoxy) is 3. The van der Waals surface area contributed by atoms with Crippen molar-refractivity contribution in [1.29, 1.82) is 0 Å². The first-order valence-electron chi connectivity index (χ1n) is 7.69. The van der Waals surface area contributed by atoms with E-state index in [0.29, 0.717) is 0 Å². The number of amides is 1. The van der Waals surface area contributed by atoms with E-state index in [1.807, 2.05) is 13.8 Å². The summed E-state index contributed by atoms with van der Waals surface area (Å²) in [6, 6.07) is 0. The predicted molar refractivity (Wildman–Crippen MR) is 84.8 cm³/mol. The van der Waals surface area contributed by atoms with Crippen molar-refractivity contribution in [3.63, 3.8) is 0 Å². The van der Waals surface area contributed by atoms with E-state index in [9.17, 15) is 14.4 Å². The monoisotopic (exact) mass is 331 g/mol. The van der Waals surface area contributed by atoms with E-state index in [4.69, 9.17) is 14.2 Å². The fourth-order valence-corrected chi connectivity index (χ4v) is 2.09. The number of nitrogens with one attached hydrogen (secondary N) is 1. The molecule has 0 aromatic heterocycles. The molecule has 0 aromatic carbocycles. The van der Waals surface area contributed by atoms with Crippen LogP contribution in [0.5, 0.6) is 0 Å². The van der Waals surface area contributed by atoms with Gasteiger partial charge in [0.25, 0.3) is 0 Å². The number of esters is 2. The first-order chi connectivity index (χ1) is 10.5. The van der Waals surface area contributed by atoms with Crippen molar-refractivity contribution in [1.82, 2.24) is 5.32 Å². The molecule has 0 rings (SSSR count). The zero-order valence-electron chi connectivity index (χ0n) is 15.1. The standard InChI is InChI=1S/C16H29NO6/c1-10(2)13(22-11(3)18)12(14(19)21-7)8-9-17-15(20)23-16(4,5)6/h10,12-13H,8-9H2,1-7H3,(H,17,20)/t12?,13-/m1/s1. The van der Waals surface area contributed by atoms with Crippen LogP contribution in [0.15, 0.2) is 0 Å². The summed E-state index contributed by atoms with van der Waals surface area (Å²) in [6.07, 6.45) is -0.891.